The van der Waals surface area contributed by atoms with Gasteiger partial charge in [-0.15, -0.1) is 0 Å². The van der Waals surface area contributed by atoms with Gasteiger partial charge in [-0.1, -0.05) is 109 Å². The fraction of sp³-hybridized carbons (Fsp3) is 0. The molecule has 3 heterocycles. The van der Waals surface area contributed by atoms with Gasteiger partial charge in [0.25, 0.3) is 0 Å². The van der Waals surface area contributed by atoms with Crippen LogP contribution in [0, 0.1) is 0 Å². The number of rotatable bonds is 4. The highest BCUT2D eigenvalue weighted by Gasteiger charge is 2.21. The number of nitrogens with zero attached hydrogens (tertiary/aromatic N) is 3. The lowest BCUT2D eigenvalue weighted by atomic mass is 9.96. The zero-order valence-corrected chi connectivity index (χ0v) is 25.6. The molecule has 0 aliphatic rings. The second-order valence-corrected chi connectivity index (χ2v) is 12.0. The van der Waals surface area contributed by atoms with Crippen LogP contribution in [0.2, 0.25) is 0 Å². The number of furan rings is 2. The number of benzene rings is 7. The lowest BCUT2D eigenvalue weighted by molar-refractivity contribution is 0.669. The minimum absolute atomic E-state index is 0.585. The molecule has 5 heteroatoms. The number of aromatic nitrogens is 3. The Morgan fingerprint density at radius 1 is 0.354 bits per heavy atom. The molecule has 7 aromatic carbocycles. The summed E-state index contributed by atoms with van der Waals surface area (Å²) >= 11 is 0. The van der Waals surface area contributed by atoms with Crippen molar-refractivity contribution < 1.29 is 8.83 Å². The van der Waals surface area contributed by atoms with Gasteiger partial charge in [0, 0.05) is 43.6 Å². The maximum absolute atomic E-state index is 6.65. The molecule has 0 spiro atoms. The summed E-state index contributed by atoms with van der Waals surface area (Å²) < 4.78 is 12.8. The van der Waals surface area contributed by atoms with Gasteiger partial charge in [0.05, 0.1) is 0 Å². The van der Waals surface area contributed by atoms with Crippen LogP contribution >= 0.6 is 0 Å². The molecule has 5 nitrogen and oxygen atoms in total. The predicted molar refractivity (Wildman–Crippen MR) is 194 cm³/mol. The van der Waals surface area contributed by atoms with Crippen molar-refractivity contribution in [3.8, 4) is 45.3 Å². The van der Waals surface area contributed by atoms with E-state index in [9.17, 15) is 0 Å². The normalized spacial score (nSPS) is 11.8. The van der Waals surface area contributed by atoms with Crippen molar-refractivity contribution in [2.45, 2.75) is 0 Å². The van der Waals surface area contributed by atoms with Crippen LogP contribution in [0.15, 0.2) is 160 Å². The van der Waals surface area contributed by atoms with Crippen molar-refractivity contribution in [3.05, 3.63) is 152 Å². The Labute approximate surface area is 274 Å². The average molecular weight is 616 g/mol. The Hall–Kier alpha value is -6.59. The van der Waals surface area contributed by atoms with Gasteiger partial charge in [-0.25, -0.2) is 15.0 Å². The fourth-order valence-electron chi connectivity index (χ4n) is 6.80. The molecule has 0 fully saturated rings. The Kier molecular flexibility index (Phi) is 5.81. The first kappa shape index (κ1) is 26.6. The van der Waals surface area contributed by atoms with E-state index in [1.54, 1.807) is 0 Å². The first-order chi connectivity index (χ1) is 23.8. The van der Waals surface area contributed by atoms with Gasteiger partial charge in [0.15, 0.2) is 17.5 Å². The van der Waals surface area contributed by atoms with Crippen molar-refractivity contribution in [1.29, 1.82) is 0 Å². The van der Waals surface area contributed by atoms with E-state index in [-0.39, 0.29) is 0 Å². The number of hydrogen-bond donors (Lipinski definition) is 0. The second kappa shape index (κ2) is 10.5. The highest BCUT2D eigenvalue weighted by Crippen LogP contribution is 2.42. The molecular weight excluding hydrogens is 590 g/mol. The minimum atomic E-state index is 0.585. The number of fused-ring (bicyclic) bond motifs is 8. The summed E-state index contributed by atoms with van der Waals surface area (Å²) in [5.74, 6) is 1.78. The SMILES string of the molecule is c1ccc(-c2ccc3cc(-c4nc(-c5ccccc5)nc(-c5ccc6oc7ccccc7c6c5)n4)c4c5ccccc5oc4c3c2)cc1. The fourth-order valence-corrected chi connectivity index (χ4v) is 6.80. The standard InChI is InChI=1S/C43H25N3O2/c1-3-11-26(12-4-1)28-19-20-29-24-35(39-32-16-8-10-18-37(32)48-40(39)33(29)23-28)43-45-41(27-13-5-2-6-14-27)44-42(46-43)30-21-22-38-34(25-30)31-15-7-9-17-36(31)47-38/h1-25H. The Morgan fingerprint density at radius 3 is 1.73 bits per heavy atom. The van der Waals surface area contributed by atoms with Gasteiger partial charge in [-0.2, -0.15) is 0 Å². The molecule has 0 bridgehead atoms. The topological polar surface area (TPSA) is 65.0 Å². The Bertz CT molecular complexity index is 2840. The van der Waals surface area contributed by atoms with Gasteiger partial charge in [-0.3, -0.25) is 0 Å². The molecule has 0 radical (unpaired) electrons. The molecule has 0 unspecified atom stereocenters. The molecule has 0 amide bonds. The highest BCUT2D eigenvalue weighted by atomic mass is 16.3. The van der Waals surface area contributed by atoms with Crippen LogP contribution in [0.25, 0.3) is 99.9 Å². The van der Waals surface area contributed by atoms with Crippen LogP contribution in [0.1, 0.15) is 0 Å². The van der Waals surface area contributed by atoms with Crippen LogP contribution in [0.3, 0.4) is 0 Å². The van der Waals surface area contributed by atoms with Gasteiger partial charge in [-0.05, 0) is 59.0 Å². The molecule has 224 valence electrons. The summed E-state index contributed by atoms with van der Waals surface area (Å²) in [5, 5.41) is 6.17. The highest BCUT2D eigenvalue weighted by molar-refractivity contribution is 6.21. The van der Waals surface area contributed by atoms with Crippen LogP contribution in [-0.2, 0) is 0 Å². The minimum Gasteiger partial charge on any atom is -0.456 e. The smallest absolute Gasteiger partial charge is 0.164 e. The monoisotopic (exact) mass is 615 g/mol. The molecule has 48 heavy (non-hydrogen) atoms. The largest absolute Gasteiger partial charge is 0.456 e. The summed E-state index contributed by atoms with van der Waals surface area (Å²) in [4.78, 5) is 15.3. The van der Waals surface area contributed by atoms with Gasteiger partial charge >= 0.3 is 0 Å². The van der Waals surface area contributed by atoms with E-state index in [0.717, 1.165) is 82.5 Å². The maximum atomic E-state index is 6.65. The third kappa shape index (κ3) is 4.22. The Balaban J connectivity index is 1.26. The third-order valence-electron chi connectivity index (χ3n) is 9.11. The van der Waals surface area contributed by atoms with Crippen molar-refractivity contribution in [2.24, 2.45) is 0 Å². The molecule has 0 saturated heterocycles. The third-order valence-corrected chi connectivity index (χ3v) is 9.11. The summed E-state index contributed by atoms with van der Waals surface area (Å²) in [6, 6.07) is 51.6. The summed E-state index contributed by atoms with van der Waals surface area (Å²) in [5.41, 5.74) is 8.30. The lowest BCUT2D eigenvalue weighted by Crippen LogP contribution is -2.00. The molecular formula is C43H25N3O2. The van der Waals surface area contributed by atoms with E-state index < -0.39 is 0 Å². The molecule has 0 aliphatic carbocycles. The van der Waals surface area contributed by atoms with Crippen molar-refractivity contribution >= 4 is 54.6 Å². The average Bonchev–Trinajstić information content (AvgIpc) is 3.74. The molecule has 10 rings (SSSR count). The van der Waals surface area contributed by atoms with Crippen molar-refractivity contribution in [3.63, 3.8) is 0 Å². The van der Waals surface area contributed by atoms with Crippen LogP contribution in [0.5, 0.6) is 0 Å². The van der Waals surface area contributed by atoms with Crippen LogP contribution in [0.4, 0.5) is 0 Å². The summed E-state index contributed by atoms with van der Waals surface area (Å²) in [6.07, 6.45) is 0. The Morgan fingerprint density at radius 2 is 0.938 bits per heavy atom. The first-order valence-corrected chi connectivity index (χ1v) is 15.9. The molecule has 0 saturated carbocycles. The number of hydrogen-bond acceptors (Lipinski definition) is 5. The van der Waals surface area contributed by atoms with Gasteiger partial charge < -0.3 is 8.83 Å². The van der Waals surface area contributed by atoms with Crippen molar-refractivity contribution in [1.82, 2.24) is 15.0 Å². The molecule has 10 aromatic rings. The van der Waals surface area contributed by atoms with E-state index in [1.807, 2.05) is 84.9 Å². The molecule has 0 atom stereocenters. The second-order valence-electron chi connectivity index (χ2n) is 12.0. The van der Waals surface area contributed by atoms with Crippen molar-refractivity contribution in [2.75, 3.05) is 0 Å². The predicted octanol–water partition coefficient (Wildman–Crippen LogP) is 11.5. The molecule has 0 N–H and O–H groups in total. The van der Waals surface area contributed by atoms with Gasteiger partial charge in [0.1, 0.15) is 22.3 Å². The molecule has 0 aliphatic heterocycles. The zero-order valence-electron chi connectivity index (χ0n) is 25.6. The lowest BCUT2D eigenvalue weighted by Gasteiger charge is -2.11. The quantitative estimate of drug-likeness (QED) is 0.197. The van der Waals surface area contributed by atoms with Gasteiger partial charge in [0.2, 0.25) is 0 Å². The van der Waals surface area contributed by atoms with E-state index in [4.69, 9.17) is 23.8 Å². The summed E-state index contributed by atoms with van der Waals surface area (Å²) in [7, 11) is 0. The maximum Gasteiger partial charge on any atom is 0.164 e. The molecule has 3 aromatic heterocycles. The van der Waals surface area contributed by atoms with E-state index in [1.165, 1.54) is 0 Å². The first-order valence-electron chi connectivity index (χ1n) is 15.9. The zero-order chi connectivity index (χ0) is 31.6. The van der Waals surface area contributed by atoms with Crippen LogP contribution < -0.4 is 0 Å². The summed E-state index contributed by atoms with van der Waals surface area (Å²) in [6.45, 7) is 0. The van der Waals surface area contributed by atoms with E-state index in [2.05, 4.69) is 66.7 Å². The van der Waals surface area contributed by atoms with Crippen LogP contribution in [-0.4, -0.2) is 15.0 Å². The van der Waals surface area contributed by atoms with E-state index >= 15 is 0 Å². The number of para-hydroxylation sites is 2. The van der Waals surface area contributed by atoms with E-state index in [0.29, 0.717) is 17.5 Å².